The van der Waals surface area contributed by atoms with Gasteiger partial charge >= 0.3 is 0 Å². The van der Waals surface area contributed by atoms with Crippen LogP contribution in [0, 0.1) is 5.82 Å². The average Bonchev–Trinajstić information content (AvgIpc) is 2.16. The summed E-state index contributed by atoms with van der Waals surface area (Å²) >= 11 is 0. The Morgan fingerprint density at radius 1 is 1.31 bits per heavy atom. The maximum Gasteiger partial charge on any atom is 0.125 e. The van der Waals surface area contributed by atoms with Gasteiger partial charge in [-0.25, -0.2) is 4.39 Å². The molecule has 0 atom stereocenters. The molecule has 90 valence electrons. The van der Waals surface area contributed by atoms with E-state index in [0.717, 1.165) is 18.8 Å². The molecule has 0 heterocycles. The van der Waals surface area contributed by atoms with Gasteiger partial charge in [-0.05, 0) is 37.7 Å². The normalized spacial score (nSPS) is 11.2. The summed E-state index contributed by atoms with van der Waals surface area (Å²) < 4.78 is 13.1. The second kappa shape index (κ2) is 5.85. The Kier molecular flexibility index (Phi) is 4.74. The second-order valence-corrected chi connectivity index (χ2v) is 4.62. The lowest BCUT2D eigenvalue weighted by Gasteiger charge is -2.16. The van der Waals surface area contributed by atoms with E-state index in [4.69, 9.17) is 0 Å². The quantitative estimate of drug-likeness (QED) is 0.827. The Hall–Kier alpha value is -1.09. The minimum absolute atomic E-state index is 0.184. The largest absolute Gasteiger partial charge is 0.383 e. The lowest BCUT2D eigenvalue weighted by Crippen LogP contribution is -2.21. The smallest absolute Gasteiger partial charge is 0.125 e. The van der Waals surface area contributed by atoms with Gasteiger partial charge in [-0.3, -0.25) is 0 Å². The lowest BCUT2D eigenvalue weighted by atomic mass is 10.0. The third-order valence-corrected chi connectivity index (χ3v) is 2.51. The van der Waals surface area contributed by atoms with E-state index >= 15 is 0 Å². The van der Waals surface area contributed by atoms with Crippen LogP contribution in [0.2, 0.25) is 0 Å². The van der Waals surface area contributed by atoms with Crippen molar-refractivity contribution in [1.82, 2.24) is 4.90 Å². The predicted octanol–water partition coefficient (Wildman–Crippen LogP) is 2.92. The molecule has 1 aromatic rings. The Morgan fingerprint density at radius 3 is 2.56 bits per heavy atom. The summed E-state index contributed by atoms with van der Waals surface area (Å²) in [6.45, 7) is 6.00. The molecule has 1 N–H and O–H groups in total. The van der Waals surface area contributed by atoms with E-state index in [1.54, 1.807) is 6.07 Å². The standard InChI is InChI=1S/C13H21FN2/c1-10(2)12-6-5-11(14)9-13(12)15-7-8-16(3)4/h5-6,9-10,15H,7-8H2,1-4H3. The van der Waals surface area contributed by atoms with Crippen LogP contribution in [0.5, 0.6) is 0 Å². The highest BCUT2D eigenvalue weighted by molar-refractivity contribution is 5.52. The molecule has 0 aliphatic heterocycles. The van der Waals surface area contributed by atoms with Gasteiger partial charge in [-0.15, -0.1) is 0 Å². The molecule has 1 aromatic carbocycles. The van der Waals surface area contributed by atoms with Gasteiger partial charge < -0.3 is 10.2 Å². The summed E-state index contributed by atoms with van der Waals surface area (Å²) in [5.74, 6) is 0.221. The molecule has 1 rings (SSSR count). The molecule has 0 radical (unpaired) electrons. The van der Waals surface area contributed by atoms with Gasteiger partial charge in [0.15, 0.2) is 0 Å². The van der Waals surface area contributed by atoms with Gasteiger partial charge in [-0.2, -0.15) is 0 Å². The highest BCUT2D eigenvalue weighted by Crippen LogP contribution is 2.24. The molecule has 0 aliphatic carbocycles. The number of rotatable bonds is 5. The minimum Gasteiger partial charge on any atom is -0.383 e. The van der Waals surface area contributed by atoms with Crippen molar-refractivity contribution in [1.29, 1.82) is 0 Å². The van der Waals surface area contributed by atoms with Gasteiger partial charge in [0, 0.05) is 18.8 Å². The van der Waals surface area contributed by atoms with Crippen molar-refractivity contribution in [3.8, 4) is 0 Å². The van der Waals surface area contributed by atoms with Crippen LogP contribution in [0.3, 0.4) is 0 Å². The molecule has 0 saturated heterocycles. The van der Waals surface area contributed by atoms with Crippen molar-refractivity contribution in [2.75, 3.05) is 32.5 Å². The molecule has 16 heavy (non-hydrogen) atoms. The van der Waals surface area contributed by atoms with E-state index in [1.165, 1.54) is 11.6 Å². The predicted molar refractivity (Wildman–Crippen MR) is 67.5 cm³/mol. The number of benzene rings is 1. The summed E-state index contributed by atoms with van der Waals surface area (Å²) in [4.78, 5) is 2.10. The Morgan fingerprint density at radius 2 is 2.00 bits per heavy atom. The van der Waals surface area contributed by atoms with Crippen LogP contribution in [0.25, 0.3) is 0 Å². The van der Waals surface area contributed by atoms with E-state index in [1.807, 2.05) is 20.2 Å². The fourth-order valence-electron chi connectivity index (χ4n) is 1.60. The number of hydrogen-bond donors (Lipinski definition) is 1. The molecule has 0 bridgehead atoms. The monoisotopic (exact) mass is 224 g/mol. The minimum atomic E-state index is -0.184. The fourth-order valence-corrected chi connectivity index (χ4v) is 1.60. The summed E-state index contributed by atoms with van der Waals surface area (Å²) in [5, 5.41) is 3.29. The summed E-state index contributed by atoms with van der Waals surface area (Å²) in [6.07, 6.45) is 0. The molecule has 0 amide bonds. The molecule has 2 nitrogen and oxygen atoms in total. The van der Waals surface area contributed by atoms with Crippen LogP contribution in [-0.4, -0.2) is 32.1 Å². The molecule has 0 saturated carbocycles. The Bertz CT molecular complexity index is 335. The van der Waals surface area contributed by atoms with Crippen LogP contribution >= 0.6 is 0 Å². The zero-order valence-corrected chi connectivity index (χ0v) is 10.5. The fraction of sp³-hybridized carbons (Fsp3) is 0.538. The number of halogens is 1. The van der Waals surface area contributed by atoms with Crippen molar-refractivity contribution in [3.05, 3.63) is 29.6 Å². The molecular formula is C13H21FN2. The van der Waals surface area contributed by atoms with Crippen LogP contribution in [-0.2, 0) is 0 Å². The molecule has 0 aromatic heterocycles. The first kappa shape index (κ1) is 13.0. The van der Waals surface area contributed by atoms with Crippen LogP contribution < -0.4 is 5.32 Å². The first-order valence-corrected chi connectivity index (χ1v) is 5.68. The maximum absolute atomic E-state index is 13.1. The molecule has 0 unspecified atom stereocenters. The Labute approximate surface area is 97.5 Å². The van der Waals surface area contributed by atoms with Crippen LogP contribution in [0.15, 0.2) is 18.2 Å². The summed E-state index contributed by atoms with van der Waals surface area (Å²) in [6, 6.07) is 4.95. The average molecular weight is 224 g/mol. The highest BCUT2D eigenvalue weighted by Gasteiger charge is 2.07. The number of anilines is 1. The number of nitrogens with zero attached hydrogens (tertiary/aromatic N) is 1. The number of nitrogens with one attached hydrogen (secondary N) is 1. The topological polar surface area (TPSA) is 15.3 Å². The molecule has 0 aliphatic rings. The third-order valence-electron chi connectivity index (χ3n) is 2.51. The first-order chi connectivity index (χ1) is 7.50. The van der Waals surface area contributed by atoms with Crippen molar-refractivity contribution in [2.24, 2.45) is 0 Å². The third kappa shape index (κ3) is 3.81. The zero-order valence-electron chi connectivity index (χ0n) is 10.5. The molecular weight excluding hydrogens is 203 g/mol. The van der Waals surface area contributed by atoms with Gasteiger partial charge in [0.1, 0.15) is 5.82 Å². The van der Waals surface area contributed by atoms with Gasteiger partial charge in [0.2, 0.25) is 0 Å². The van der Waals surface area contributed by atoms with Crippen LogP contribution in [0.1, 0.15) is 25.3 Å². The highest BCUT2D eigenvalue weighted by atomic mass is 19.1. The van der Waals surface area contributed by atoms with E-state index in [2.05, 4.69) is 24.1 Å². The van der Waals surface area contributed by atoms with Gasteiger partial charge in [0.25, 0.3) is 0 Å². The van der Waals surface area contributed by atoms with E-state index in [-0.39, 0.29) is 5.82 Å². The summed E-state index contributed by atoms with van der Waals surface area (Å²) in [7, 11) is 4.05. The van der Waals surface area contributed by atoms with Gasteiger partial charge in [-0.1, -0.05) is 19.9 Å². The van der Waals surface area contributed by atoms with Crippen molar-refractivity contribution in [3.63, 3.8) is 0 Å². The molecule has 3 heteroatoms. The SMILES string of the molecule is CC(C)c1ccc(F)cc1NCCN(C)C. The van der Waals surface area contributed by atoms with Crippen molar-refractivity contribution < 1.29 is 4.39 Å². The molecule has 0 spiro atoms. The Balaban J connectivity index is 2.72. The molecule has 0 fully saturated rings. The van der Waals surface area contributed by atoms with Crippen LogP contribution in [0.4, 0.5) is 10.1 Å². The van der Waals surface area contributed by atoms with Crippen molar-refractivity contribution >= 4 is 5.69 Å². The number of likely N-dealkylation sites (N-methyl/N-ethyl adjacent to an activating group) is 1. The van der Waals surface area contributed by atoms with E-state index in [0.29, 0.717) is 5.92 Å². The number of hydrogen-bond acceptors (Lipinski definition) is 2. The van der Waals surface area contributed by atoms with Gasteiger partial charge in [0.05, 0.1) is 0 Å². The first-order valence-electron chi connectivity index (χ1n) is 5.68. The summed E-state index contributed by atoms with van der Waals surface area (Å²) in [5.41, 5.74) is 2.08. The lowest BCUT2D eigenvalue weighted by molar-refractivity contribution is 0.425. The van der Waals surface area contributed by atoms with Crippen molar-refractivity contribution in [2.45, 2.75) is 19.8 Å². The van der Waals surface area contributed by atoms with E-state index < -0.39 is 0 Å². The second-order valence-electron chi connectivity index (χ2n) is 4.62. The van der Waals surface area contributed by atoms with E-state index in [9.17, 15) is 4.39 Å². The zero-order chi connectivity index (χ0) is 12.1. The maximum atomic E-state index is 13.1.